The smallest absolute Gasteiger partial charge is 0.309 e. The number of carbonyl (C=O) groups excluding carboxylic acids is 2. The molecule has 1 aliphatic rings. The van der Waals surface area contributed by atoms with Crippen molar-refractivity contribution in [3.63, 3.8) is 0 Å². The van der Waals surface area contributed by atoms with Crippen LogP contribution in [0.1, 0.15) is 51.1 Å². The van der Waals surface area contributed by atoms with Crippen molar-refractivity contribution in [3.8, 4) is 0 Å². The Kier molecular flexibility index (Phi) is 5.37. The Hall–Kier alpha value is -1.84. The molecule has 2 amide bonds. The van der Waals surface area contributed by atoms with E-state index < -0.39 is 11.8 Å². The lowest BCUT2D eigenvalue weighted by Crippen LogP contribution is -2.48. The van der Waals surface area contributed by atoms with E-state index in [9.17, 15) is 9.59 Å². The van der Waals surface area contributed by atoms with Gasteiger partial charge in [0.05, 0.1) is 6.04 Å². The van der Waals surface area contributed by atoms with Crippen molar-refractivity contribution in [2.75, 3.05) is 0 Å². The first-order valence-corrected chi connectivity index (χ1v) is 7.74. The van der Waals surface area contributed by atoms with Crippen molar-refractivity contribution >= 4 is 11.8 Å². The Morgan fingerprint density at radius 3 is 2.43 bits per heavy atom. The maximum Gasteiger partial charge on any atom is 0.309 e. The Labute approximate surface area is 126 Å². The summed E-state index contributed by atoms with van der Waals surface area (Å²) in [6.07, 6.45) is 4.42. The van der Waals surface area contributed by atoms with Gasteiger partial charge in [-0.2, -0.15) is 0 Å². The molecule has 0 saturated heterocycles. The van der Waals surface area contributed by atoms with E-state index >= 15 is 0 Å². The summed E-state index contributed by atoms with van der Waals surface area (Å²) in [5, 5.41) is 5.62. The van der Waals surface area contributed by atoms with E-state index in [0.717, 1.165) is 24.8 Å². The van der Waals surface area contributed by atoms with Crippen molar-refractivity contribution in [3.05, 3.63) is 35.9 Å². The Bertz CT molecular complexity index is 487. The summed E-state index contributed by atoms with van der Waals surface area (Å²) >= 11 is 0. The fraction of sp³-hybridized carbons (Fsp3) is 0.529. The molecule has 4 nitrogen and oxygen atoms in total. The van der Waals surface area contributed by atoms with Crippen molar-refractivity contribution in [1.82, 2.24) is 10.6 Å². The van der Waals surface area contributed by atoms with Gasteiger partial charge < -0.3 is 10.6 Å². The van der Waals surface area contributed by atoms with Gasteiger partial charge in [0.1, 0.15) is 0 Å². The fourth-order valence-electron chi connectivity index (χ4n) is 2.85. The van der Waals surface area contributed by atoms with E-state index in [2.05, 4.69) is 17.6 Å². The summed E-state index contributed by atoms with van der Waals surface area (Å²) in [7, 11) is 0. The van der Waals surface area contributed by atoms with E-state index in [0.29, 0.717) is 5.92 Å². The molecule has 3 atom stereocenters. The minimum Gasteiger partial charge on any atom is -0.345 e. The van der Waals surface area contributed by atoms with Gasteiger partial charge in [0.15, 0.2) is 0 Å². The average Bonchev–Trinajstić information content (AvgIpc) is 2.50. The molecule has 0 spiro atoms. The maximum absolute atomic E-state index is 12.0. The van der Waals surface area contributed by atoms with Crippen LogP contribution in [0.25, 0.3) is 0 Å². The topological polar surface area (TPSA) is 58.2 Å². The summed E-state index contributed by atoms with van der Waals surface area (Å²) < 4.78 is 0. The van der Waals surface area contributed by atoms with Crippen molar-refractivity contribution in [1.29, 1.82) is 0 Å². The summed E-state index contributed by atoms with van der Waals surface area (Å²) in [4.78, 5) is 24.0. The molecule has 1 fully saturated rings. The third kappa shape index (κ3) is 4.31. The monoisotopic (exact) mass is 288 g/mol. The lowest BCUT2D eigenvalue weighted by atomic mass is 9.86. The number of hydrogen-bond donors (Lipinski definition) is 2. The van der Waals surface area contributed by atoms with Gasteiger partial charge in [-0.05, 0) is 31.2 Å². The number of carbonyl (C=O) groups is 2. The van der Waals surface area contributed by atoms with Crippen LogP contribution in [-0.4, -0.2) is 17.9 Å². The Morgan fingerprint density at radius 2 is 1.76 bits per heavy atom. The third-order valence-electron chi connectivity index (χ3n) is 4.28. The number of nitrogens with one attached hydrogen (secondary N) is 2. The van der Waals surface area contributed by atoms with E-state index in [1.54, 1.807) is 0 Å². The quantitative estimate of drug-likeness (QED) is 0.840. The summed E-state index contributed by atoms with van der Waals surface area (Å²) in [5.74, 6) is -0.622. The van der Waals surface area contributed by atoms with Gasteiger partial charge in [-0.1, -0.05) is 50.1 Å². The van der Waals surface area contributed by atoms with Gasteiger partial charge in [0.2, 0.25) is 0 Å². The van der Waals surface area contributed by atoms with Crippen LogP contribution in [0.3, 0.4) is 0 Å². The summed E-state index contributed by atoms with van der Waals surface area (Å²) in [6, 6.07) is 9.59. The third-order valence-corrected chi connectivity index (χ3v) is 4.28. The van der Waals surface area contributed by atoms with Crippen LogP contribution in [0.2, 0.25) is 0 Å². The molecule has 1 aromatic rings. The molecular weight excluding hydrogens is 264 g/mol. The summed E-state index contributed by atoms with van der Waals surface area (Å²) in [5.41, 5.74) is 0.990. The number of amides is 2. The summed E-state index contributed by atoms with van der Waals surface area (Å²) in [6.45, 7) is 4.01. The van der Waals surface area contributed by atoms with Crippen molar-refractivity contribution in [2.45, 2.75) is 51.6 Å². The van der Waals surface area contributed by atoms with Gasteiger partial charge in [0.25, 0.3) is 0 Å². The molecule has 21 heavy (non-hydrogen) atoms. The first-order chi connectivity index (χ1) is 10.1. The molecule has 2 N–H and O–H groups in total. The fourth-order valence-corrected chi connectivity index (χ4v) is 2.85. The molecule has 2 rings (SSSR count). The lowest BCUT2D eigenvalue weighted by molar-refractivity contribution is -0.140. The molecule has 0 radical (unpaired) electrons. The highest BCUT2D eigenvalue weighted by Crippen LogP contribution is 2.23. The standard InChI is InChI=1S/C17H24N2O2/c1-12-8-6-7-11-15(12)19-17(21)16(20)18-13(2)14-9-4-3-5-10-14/h3-5,9-10,12-13,15H,6-8,11H2,1-2H3,(H,18,20)(H,19,21)/t12-,13-,15-/m0/s1. The highest BCUT2D eigenvalue weighted by Gasteiger charge is 2.26. The van der Waals surface area contributed by atoms with Gasteiger partial charge in [-0.3, -0.25) is 9.59 Å². The van der Waals surface area contributed by atoms with Crippen LogP contribution >= 0.6 is 0 Å². The largest absolute Gasteiger partial charge is 0.345 e. The molecule has 4 heteroatoms. The molecule has 0 bridgehead atoms. The molecule has 1 aliphatic carbocycles. The molecule has 1 aromatic carbocycles. The molecule has 0 aliphatic heterocycles. The lowest BCUT2D eigenvalue weighted by Gasteiger charge is -2.29. The molecular formula is C17H24N2O2. The molecule has 1 saturated carbocycles. The normalized spacial score (nSPS) is 23.1. The average molecular weight is 288 g/mol. The molecule has 114 valence electrons. The Morgan fingerprint density at radius 1 is 1.10 bits per heavy atom. The van der Waals surface area contributed by atoms with E-state index in [4.69, 9.17) is 0 Å². The van der Waals surface area contributed by atoms with Crippen LogP contribution < -0.4 is 10.6 Å². The zero-order valence-electron chi connectivity index (χ0n) is 12.8. The highest BCUT2D eigenvalue weighted by atomic mass is 16.2. The number of rotatable bonds is 3. The van der Waals surface area contributed by atoms with E-state index in [1.165, 1.54) is 6.42 Å². The molecule has 0 unspecified atom stereocenters. The van der Waals surface area contributed by atoms with Crippen LogP contribution in [0.15, 0.2) is 30.3 Å². The highest BCUT2D eigenvalue weighted by molar-refractivity contribution is 6.35. The first-order valence-electron chi connectivity index (χ1n) is 7.74. The van der Waals surface area contributed by atoms with Gasteiger partial charge >= 0.3 is 11.8 Å². The van der Waals surface area contributed by atoms with E-state index in [-0.39, 0.29) is 12.1 Å². The van der Waals surface area contributed by atoms with Gasteiger partial charge in [-0.15, -0.1) is 0 Å². The minimum absolute atomic E-state index is 0.129. The minimum atomic E-state index is -0.552. The zero-order valence-corrected chi connectivity index (χ0v) is 12.8. The van der Waals surface area contributed by atoms with Crippen LogP contribution in [0.4, 0.5) is 0 Å². The number of hydrogen-bond acceptors (Lipinski definition) is 2. The molecule has 0 heterocycles. The van der Waals surface area contributed by atoms with Gasteiger partial charge in [-0.25, -0.2) is 0 Å². The molecule has 0 aromatic heterocycles. The SMILES string of the molecule is C[C@H](NC(=O)C(=O)N[C@H]1CCCC[C@@H]1C)c1ccccc1. The Balaban J connectivity index is 1.86. The van der Waals surface area contributed by atoms with Gasteiger partial charge in [0, 0.05) is 6.04 Å². The predicted octanol–water partition coefficient (Wildman–Crippen LogP) is 2.56. The first kappa shape index (κ1) is 15.5. The zero-order chi connectivity index (χ0) is 15.2. The second-order valence-corrected chi connectivity index (χ2v) is 5.95. The second kappa shape index (κ2) is 7.25. The predicted molar refractivity (Wildman–Crippen MR) is 82.6 cm³/mol. The van der Waals surface area contributed by atoms with Crippen molar-refractivity contribution < 1.29 is 9.59 Å². The van der Waals surface area contributed by atoms with Crippen molar-refractivity contribution in [2.24, 2.45) is 5.92 Å². The number of benzene rings is 1. The van der Waals surface area contributed by atoms with E-state index in [1.807, 2.05) is 37.3 Å². The maximum atomic E-state index is 12.0. The van der Waals surface area contributed by atoms with Crippen LogP contribution in [0, 0.1) is 5.92 Å². The van der Waals surface area contributed by atoms with Crippen LogP contribution in [0.5, 0.6) is 0 Å². The van der Waals surface area contributed by atoms with Crippen LogP contribution in [-0.2, 0) is 9.59 Å². The second-order valence-electron chi connectivity index (χ2n) is 5.95.